The van der Waals surface area contributed by atoms with Gasteiger partial charge in [-0.3, -0.25) is 9.59 Å². The first-order chi connectivity index (χ1) is 11.6. The maximum Gasteiger partial charge on any atom is 0.311 e. The van der Waals surface area contributed by atoms with Gasteiger partial charge in [-0.15, -0.1) is 0 Å². The third-order valence-corrected chi connectivity index (χ3v) is 8.80. The van der Waals surface area contributed by atoms with Gasteiger partial charge in [-0.1, -0.05) is 6.92 Å². The van der Waals surface area contributed by atoms with Crippen LogP contribution in [0.5, 0.6) is 0 Å². The average molecular weight is 350 g/mol. The van der Waals surface area contributed by atoms with Crippen molar-refractivity contribution in [2.75, 3.05) is 6.61 Å². The van der Waals surface area contributed by atoms with Gasteiger partial charge in [-0.2, -0.15) is 0 Å². The van der Waals surface area contributed by atoms with Crippen LogP contribution in [-0.2, 0) is 14.3 Å². The number of cyclic esters (lactones) is 1. The zero-order chi connectivity index (χ0) is 18.3. The van der Waals surface area contributed by atoms with Gasteiger partial charge in [0.15, 0.2) is 0 Å². The van der Waals surface area contributed by atoms with Gasteiger partial charge < -0.3 is 14.9 Å². The number of aliphatic hydroxyl groups excluding tert-OH is 1. The topological polar surface area (TPSA) is 83.8 Å². The first kappa shape index (κ1) is 17.3. The van der Waals surface area contributed by atoms with Crippen molar-refractivity contribution in [1.29, 1.82) is 0 Å². The Morgan fingerprint density at radius 1 is 1.08 bits per heavy atom. The SMILES string of the molecule is C[C@@]12CC[C@@H]3[C@@](CC[C@H]4[C@@]3(C)[C@@H](O)CC[C@@]4(C)C(=O)O)(COC1=O)C2. The fourth-order valence-electron chi connectivity index (χ4n) is 7.41. The van der Waals surface area contributed by atoms with Crippen molar-refractivity contribution in [3.05, 3.63) is 0 Å². The molecule has 2 bridgehead atoms. The van der Waals surface area contributed by atoms with Crippen LogP contribution in [0.3, 0.4) is 0 Å². The van der Waals surface area contributed by atoms with E-state index in [9.17, 15) is 19.8 Å². The van der Waals surface area contributed by atoms with E-state index in [4.69, 9.17) is 4.74 Å². The number of rotatable bonds is 1. The van der Waals surface area contributed by atoms with E-state index >= 15 is 0 Å². The molecule has 3 saturated carbocycles. The molecule has 0 aromatic rings. The Kier molecular flexibility index (Phi) is 3.46. The number of carbonyl (C=O) groups is 2. The largest absolute Gasteiger partial charge is 0.481 e. The number of esters is 1. The monoisotopic (exact) mass is 350 g/mol. The van der Waals surface area contributed by atoms with E-state index in [-0.39, 0.29) is 23.2 Å². The van der Waals surface area contributed by atoms with Crippen molar-refractivity contribution in [2.45, 2.75) is 71.8 Å². The standard InChI is InChI=1S/C20H30O5/c1-17-7-4-13-19(3)12(18(2,15(22)23)8-6-14(19)21)5-9-20(13,10-17)11-25-16(17)24/h12-14,21H,4-11H2,1-3H3,(H,22,23)/t12-,13+,14+,17+,18-,19-,20-/m1/s1. The molecule has 7 atom stereocenters. The van der Waals surface area contributed by atoms with Crippen molar-refractivity contribution < 1.29 is 24.5 Å². The number of carboxylic acids is 1. The molecule has 5 nitrogen and oxygen atoms in total. The smallest absolute Gasteiger partial charge is 0.311 e. The third kappa shape index (κ3) is 1.99. The van der Waals surface area contributed by atoms with Crippen LogP contribution in [0.25, 0.3) is 0 Å². The molecular formula is C20H30O5. The number of fused-ring (bicyclic) bond motifs is 3. The normalized spacial score (nSPS) is 54.9. The maximum atomic E-state index is 12.3. The molecule has 1 aliphatic heterocycles. The second-order valence-corrected chi connectivity index (χ2v) is 10.0. The van der Waals surface area contributed by atoms with Crippen LogP contribution < -0.4 is 0 Å². The van der Waals surface area contributed by atoms with Gasteiger partial charge in [0.1, 0.15) is 0 Å². The second kappa shape index (κ2) is 4.99. The molecule has 25 heavy (non-hydrogen) atoms. The zero-order valence-electron chi connectivity index (χ0n) is 15.5. The highest BCUT2D eigenvalue weighted by Crippen LogP contribution is 2.70. The van der Waals surface area contributed by atoms with Crippen molar-refractivity contribution in [3.8, 4) is 0 Å². The summed E-state index contributed by atoms with van der Waals surface area (Å²) in [4.78, 5) is 24.4. The summed E-state index contributed by atoms with van der Waals surface area (Å²) >= 11 is 0. The number of hydrogen-bond donors (Lipinski definition) is 2. The predicted octanol–water partition coefficient (Wildman–Crippen LogP) is 3.00. The van der Waals surface area contributed by atoms with Gasteiger partial charge in [-0.25, -0.2) is 0 Å². The molecule has 0 radical (unpaired) electrons. The van der Waals surface area contributed by atoms with E-state index in [1.54, 1.807) is 0 Å². The average Bonchev–Trinajstić information content (AvgIpc) is 2.55. The van der Waals surface area contributed by atoms with Crippen molar-refractivity contribution in [2.24, 2.45) is 33.5 Å². The highest BCUT2D eigenvalue weighted by Gasteiger charge is 2.69. The minimum absolute atomic E-state index is 0.0288. The zero-order valence-corrected chi connectivity index (χ0v) is 15.5. The molecule has 2 N–H and O–H groups in total. The summed E-state index contributed by atoms with van der Waals surface area (Å²) in [7, 11) is 0. The second-order valence-electron chi connectivity index (χ2n) is 10.0. The highest BCUT2D eigenvalue weighted by atomic mass is 16.5. The lowest BCUT2D eigenvalue weighted by atomic mass is 9.38. The van der Waals surface area contributed by atoms with Crippen molar-refractivity contribution >= 4 is 11.9 Å². The van der Waals surface area contributed by atoms with Crippen LogP contribution >= 0.6 is 0 Å². The number of hydrogen-bond acceptors (Lipinski definition) is 4. The quantitative estimate of drug-likeness (QED) is 0.710. The summed E-state index contributed by atoms with van der Waals surface area (Å²) in [5.41, 5.74) is -1.70. The lowest BCUT2D eigenvalue weighted by Gasteiger charge is -2.67. The molecule has 5 heteroatoms. The van der Waals surface area contributed by atoms with Crippen LogP contribution in [0.1, 0.15) is 65.7 Å². The summed E-state index contributed by atoms with van der Waals surface area (Å²) in [6, 6.07) is 0. The van der Waals surface area contributed by atoms with E-state index < -0.39 is 28.3 Å². The van der Waals surface area contributed by atoms with Crippen molar-refractivity contribution in [3.63, 3.8) is 0 Å². The fourth-order valence-corrected chi connectivity index (χ4v) is 7.41. The lowest BCUT2D eigenvalue weighted by molar-refractivity contribution is -0.247. The van der Waals surface area contributed by atoms with Crippen LogP contribution in [-0.4, -0.2) is 34.9 Å². The number of aliphatic carboxylic acids is 1. The van der Waals surface area contributed by atoms with E-state index in [0.717, 1.165) is 32.1 Å². The van der Waals surface area contributed by atoms with Gasteiger partial charge in [0, 0.05) is 10.8 Å². The van der Waals surface area contributed by atoms with Crippen LogP contribution in [0.4, 0.5) is 0 Å². The van der Waals surface area contributed by atoms with Gasteiger partial charge >= 0.3 is 11.9 Å². The Hall–Kier alpha value is -1.10. The number of carbonyl (C=O) groups excluding carboxylic acids is 1. The van der Waals surface area contributed by atoms with Crippen LogP contribution in [0.2, 0.25) is 0 Å². The van der Waals surface area contributed by atoms with Gasteiger partial charge in [0.2, 0.25) is 0 Å². The Morgan fingerprint density at radius 2 is 1.76 bits per heavy atom. The first-order valence-electron chi connectivity index (χ1n) is 9.67. The fraction of sp³-hybridized carbons (Fsp3) is 0.900. The van der Waals surface area contributed by atoms with Crippen molar-refractivity contribution in [1.82, 2.24) is 0 Å². The summed E-state index contributed by atoms with van der Waals surface area (Å²) < 4.78 is 5.63. The number of ether oxygens (including phenoxy) is 1. The summed E-state index contributed by atoms with van der Waals surface area (Å²) in [6.45, 7) is 6.44. The number of aliphatic hydroxyl groups is 1. The molecule has 4 fully saturated rings. The minimum Gasteiger partial charge on any atom is -0.481 e. The van der Waals surface area contributed by atoms with Crippen LogP contribution in [0.15, 0.2) is 0 Å². The molecule has 3 aliphatic carbocycles. The molecule has 0 aromatic heterocycles. The summed E-state index contributed by atoms with van der Waals surface area (Å²) in [6.07, 6.45) is 4.77. The first-order valence-corrected chi connectivity index (χ1v) is 9.67. The molecule has 4 rings (SSSR count). The summed E-state index contributed by atoms with van der Waals surface area (Å²) in [5, 5.41) is 21.0. The van der Waals surface area contributed by atoms with E-state index in [0.29, 0.717) is 19.4 Å². The molecule has 0 aromatic carbocycles. The molecule has 1 saturated heterocycles. The molecule has 140 valence electrons. The Labute approximate surface area is 149 Å². The van der Waals surface area contributed by atoms with E-state index in [2.05, 4.69) is 6.92 Å². The maximum absolute atomic E-state index is 12.3. The Morgan fingerprint density at radius 3 is 2.44 bits per heavy atom. The molecular weight excluding hydrogens is 320 g/mol. The molecule has 4 aliphatic rings. The minimum atomic E-state index is -0.776. The van der Waals surface area contributed by atoms with E-state index in [1.807, 2.05) is 13.8 Å². The third-order valence-electron chi connectivity index (χ3n) is 8.80. The van der Waals surface area contributed by atoms with E-state index in [1.165, 1.54) is 0 Å². The molecule has 1 spiro atoms. The molecule has 0 unspecified atom stereocenters. The predicted molar refractivity (Wildman–Crippen MR) is 90.7 cm³/mol. The van der Waals surface area contributed by atoms with Gasteiger partial charge in [-0.05, 0) is 70.6 Å². The Balaban J connectivity index is 1.77. The Bertz CT molecular complexity index is 632. The van der Waals surface area contributed by atoms with Crippen LogP contribution in [0, 0.1) is 33.5 Å². The summed E-state index contributed by atoms with van der Waals surface area (Å²) in [5.74, 6) is -0.626. The van der Waals surface area contributed by atoms with Gasteiger partial charge in [0.25, 0.3) is 0 Å². The molecule has 0 amide bonds. The van der Waals surface area contributed by atoms with Gasteiger partial charge in [0.05, 0.1) is 23.5 Å². The highest BCUT2D eigenvalue weighted by molar-refractivity contribution is 5.78. The number of carboxylic acid groups (broad SMARTS) is 1. The molecule has 1 heterocycles. The lowest BCUT2D eigenvalue weighted by Crippen LogP contribution is -2.67.